The summed E-state index contributed by atoms with van der Waals surface area (Å²) in [6.07, 6.45) is 0.0743. The fourth-order valence-electron chi connectivity index (χ4n) is 1.56. The first-order valence-corrected chi connectivity index (χ1v) is 5.66. The van der Waals surface area contributed by atoms with Crippen molar-refractivity contribution in [3.63, 3.8) is 0 Å². The summed E-state index contributed by atoms with van der Waals surface area (Å²) in [6.45, 7) is 1.60. The average Bonchev–Trinajstić information content (AvgIpc) is 2.42. The zero-order chi connectivity index (χ0) is 15.4. The molecule has 0 aromatic heterocycles. The minimum atomic E-state index is -1.63. The van der Waals surface area contributed by atoms with Crippen LogP contribution >= 0.6 is 0 Å². The fraction of sp³-hybridized carbons (Fsp3) is 0.333. The molecule has 0 aliphatic heterocycles. The van der Waals surface area contributed by atoms with Gasteiger partial charge in [-0.1, -0.05) is 5.16 Å². The maximum Gasteiger partial charge on any atom is 0.254 e. The number of oxime groups is 1. The molecule has 0 saturated heterocycles. The van der Waals surface area contributed by atoms with E-state index in [1.165, 1.54) is 7.05 Å². The molecule has 1 unspecified atom stereocenters. The van der Waals surface area contributed by atoms with Gasteiger partial charge in [-0.2, -0.15) is 0 Å². The number of amides is 1. The molecule has 1 rings (SSSR count). The summed E-state index contributed by atoms with van der Waals surface area (Å²) in [5.41, 5.74) is 4.99. The summed E-state index contributed by atoms with van der Waals surface area (Å²) >= 11 is 0. The monoisotopic (exact) mass is 289 g/mol. The van der Waals surface area contributed by atoms with Gasteiger partial charge < -0.3 is 15.8 Å². The van der Waals surface area contributed by atoms with Crippen LogP contribution in [0.15, 0.2) is 17.3 Å². The van der Waals surface area contributed by atoms with Crippen molar-refractivity contribution in [3.8, 4) is 0 Å². The maximum atomic E-state index is 13.1. The highest BCUT2D eigenvalue weighted by Crippen LogP contribution is 2.16. The number of rotatable bonds is 4. The first kappa shape index (κ1) is 15.8. The van der Waals surface area contributed by atoms with E-state index < -0.39 is 29.4 Å². The molecule has 1 aromatic rings. The van der Waals surface area contributed by atoms with E-state index in [-0.39, 0.29) is 17.8 Å². The van der Waals surface area contributed by atoms with E-state index in [4.69, 9.17) is 10.9 Å². The lowest BCUT2D eigenvalue weighted by molar-refractivity contribution is 0.0746. The predicted octanol–water partition coefficient (Wildman–Crippen LogP) is 1.70. The topological polar surface area (TPSA) is 78.9 Å². The van der Waals surface area contributed by atoms with E-state index in [0.29, 0.717) is 12.1 Å². The van der Waals surface area contributed by atoms with Crippen LogP contribution in [-0.4, -0.2) is 34.9 Å². The minimum Gasteiger partial charge on any atom is -0.409 e. The number of hydrogen-bond donors (Lipinski definition) is 2. The van der Waals surface area contributed by atoms with Crippen LogP contribution in [-0.2, 0) is 0 Å². The molecule has 20 heavy (non-hydrogen) atoms. The van der Waals surface area contributed by atoms with E-state index in [1.54, 1.807) is 6.92 Å². The molecule has 0 saturated carbocycles. The molecule has 3 N–H and O–H groups in total. The van der Waals surface area contributed by atoms with Crippen molar-refractivity contribution in [2.45, 2.75) is 19.4 Å². The summed E-state index contributed by atoms with van der Waals surface area (Å²) in [5.74, 6) is -5.31. The Labute approximate surface area is 113 Å². The second-order valence-corrected chi connectivity index (χ2v) is 4.31. The van der Waals surface area contributed by atoms with Crippen molar-refractivity contribution in [2.75, 3.05) is 7.05 Å². The number of nitrogens with zero attached hydrogens (tertiary/aromatic N) is 2. The smallest absolute Gasteiger partial charge is 0.254 e. The molecule has 5 nitrogen and oxygen atoms in total. The third-order valence-corrected chi connectivity index (χ3v) is 2.85. The van der Waals surface area contributed by atoms with Gasteiger partial charge in [0.15, 0.2) is 17.5 Å². The average molecular weight is 289 g/mol. The van der Waals surface area contributed by atoms with Gasteiger partial charge in [0.05, 0.1) is 0 Å². The van der Waals surface area contributed by atoms with Crippen LogP contribution in [0.5, 0.6) is 0 Å². The molecular weight excluding hydrogens is 275 g/mol. The third-order valence-electron chi connectivity index (χ3n) is 2.85. The molecule has 1 aromatic carbocycles. The SMILES string of the molecule is CC(CC(N)=NO)N(C)C(=O)c1cc(F)c(F)c(F)c1. The summed E-state index contributed by atoms with van der Waals surface area (Å²) < 4.78 is 39.0. The van der Waals surface area contributed by atoms with E-state index in [9.17, 15) is 18.0 Å². The molecule has 0 radical (unpaired) electrons. The second kappa shape index (κ2) is 6.27. The molecule has 0 fully saturated rings. The van der Waals surface area contributed by atoms with E-state index in [2.05, 4.69) is 5.16 Å². The first-order valence-electron chi connectivity index (χ1n) is 5.66. The zero-order valence-corrected chi connectivity index (χ0v) is 10.9. The number of halogens is 3. The van der Waals surface area contributed by atoms with Crippen LogP contribution in [0.2, 0.25) is 0 Å². The zero-order valence-electron chi connectivity index (χ0n) is 10.9. The van der Waals surface area contributed by atoms with E-state index in [0.717, 1.165) is 4.90 Å². The summed E-state index contributed by atoms with van der Waals surface area (Å²) in [7, 11) is 1.39. The molecule has 110 valence electrons. The normalized spacial score (nSPS) is 13.2. The van der Waals surface area contributed by atoms with Gasteiger partial charge in [-0.3, -0.25) is 4.79 Å². The van der Waals surface area contributed by atoms with Crippen LogP contribution < -0.4 is 5.73 Å². The number of amidine groups is 1. The third kappa shape index (κ3) is 3.40. The Hall–Kier alpha value is -2.25. The molecule has 0 aliphatic carbocycles. The Kier molecular flexibility index (Phi) is 4.95. The number of hydrogen-bond acceptors (Lipinski definition) is 3. The van der Waals surface area contributed by atoms with Crippen LogP contribution in [0.4, 0.5) is 13.2 Å². The van der Waals surface area contributed by atoms with Crippen LogP contribution in [0.3, 0.4) is 0 Å². The standard InChI is InChI=1S/C12H14F3N3O2/c1-6(3-10(16)17-20)18(2)12(19)7-4-8(13)11(15)9(14)5-7/h4-6,20H,3H2,1-2H3,(H2,16,17). The van der Waals surface area contributed by atoms with Gasteiger partial charge in [-0.15, -0.1) is 0 Å². The van der Waals surface area contributed by atoms with Crippen molar-refractivity contribution >= 4 is 11.7 Å². The van der Waals surface area contributed by atoms with Crippen LogP contribution in [0, 0.1) is 17.5 Å². The van der Waals surface area contributed by atoms with Crippen molar-refractivity contribution in [1.29, 1.82) is 0 Å². The number of carbonyl (C=O) groups is 1. The molecule has 0 heterocycles. The first-order chi connectivity index (χ1) is 9.27. The van der Waals surface area contributed by atoms with Gasteiger partial charge in [-0.05, 0) is 19.1 Å². The molecule has 8 heteroatoms. The Morgan fingerprint density at radius 3 is 2.35 bits per heavy atom. The van der Waals surface area contributed by atoms with Gasteiger partial charge in [0.2, 0.25) is 0 Å². The highest BCUT2D eigenvalue weighted by Gasteiger charge is 2.21. The molecule has 1 amide bonds. The highest BCUT2D eigenvalue weighted by atomic mass is 19.2. The lowest BCUT2D eigenvalue weighted by Crippen LogP contribution is -2.38. The van der Waals surface area contributed by atoms with Crippen molar-refractivity contribution in [2.24, 2.45) is 10.9 Å². The molecule has 0 spiro atoms. The van der Waals surface area contributed by atoms with Crippen molar-refractivity contribution in [3.05, 3.63) is 35.1 Å². The summed E-state index contributed by atoms with van der Waals surface area (Å²) in [6, 6.07) is 0.760. The van der Waals surface area contributed by atoms with Crippen molar-refractivity contribution in [1.82, 2.24) is 4.90 Å². The van der Waals surface area contributed by atoms with Crippen molar-refractivity contribution < 1.29 is 23.2 Å². The lowest BCUT2D eigenvalue weighted by atomic mass is 10.1. The van der Waals surface area contributed by atoms with Crippen LogP contribution in [0.25, 0.3) is 0 Å². The lowest BCUT2D eigenvalue weighted by Gasteiger charge is -2.24. The highest BCUT2D eigenvalue weighted by molar-refractivity contribution is 5.94. The largest absolute Gasteiger partial charge is 0.409 e. The van der Waals surface area contributed by atoms with E-state index in [1.807, 2.05) is 0 Å². The predicted molar refractivity (Wildman–Crippen MR) is 65.9 cm³/mol. The quantitative estimate of drug-likeness (QED) is 0.291. The Morgan fingerprint density at radius 2 is 1.90 bits per heavy atom. The Bertz CT molecular complexity index is 526. The van der Waals surface area contributed by atoms with Gasteiger partial charge in [0.25, 0.3) is 5.91 Å². The minimum absolute atomic E-state index is 0.0743. The molecular formula is C12H14F3N3O2. The van der Waals surface area contributed by atoms with Gasteiger partial charge in [-0.25, -0.2) is 13.2 Å². The Morgan fingerprint density at radius 1 is 1.40 bits per heavy atom. The van der Waals surface area contributed by atoms with Gasteiger partial charge in [0.1, 0.15) is 5.84 Å². The number of nitrogens with two attached hydrogens (primary N) is 1. The second-order valence-electron chi connectivity index (χ2n) is 4.31. The summed E-state index contributed by atoms with van der Waals surface area (Å²) in [4.78, 5) is 13.2. The number of benzene rings is 1. The van der Waals surface area contributed by atoms with Gasteiger partial charge in [0, 0.05) is 25.1 Å². The fourth-order valence-corrected chi connectivity index (χ4v) is 1.56. The molecule has 0 aliphatic rings. The maximum absolute atomic E-state index is 13.1. The Balaban J connectivity index is 2.94. The summed E-state index contributed by atoms with van der Waals surface area (Å²) in [5, 5.41) is 11.2. The number of carbonyl (C=O) groups excluding carboxylic acids is 1. The van der Waals surface area contributed by atoms with Gasteiger partial charge >= 0.3 is 0 Å². The van der Waals surface area contributed by atoms with Crippen LogP contribution in [0.1, 0.15) is 23.7 Å². The molecule has 0 bridgehead atoms. The molecule has 1 atom stereocenters. The van der Waals surface area contributed by atoms with E-state index >= 15 is 0 Å².